The number of sulfonamides is 1. The van der Waals surface area contributed by atoms with Crippen molar-refractivity contribution in [1.82, 2.24) is 14.5 Å². The van der Waals surface area contributed by atoms with E-state index in [2.05, 4.69) is 5.32 Å². The molecule has 0 aliphatic carbocycles. The van der Waals surface area contributed by atoms with Crippen molar-refractivity contribution >= 4 is 22.0 Å². The smallest absolute Gasteiger partial charge is 0.317 e. The first-order chi connectivity index (χ1) is 14.3. The van der Waals surface area contributed by atoms with Gasteiger partial charge >= 0.3 is 6.03 Å². The Morgan fingerprint density at radius 1 is 0.933 bits per heavy atom. The molecular weight excluding hydrogens is 404 g/mol. The molecule has 3 amide bonds. The Kier molecular flexibility index (Phi) is 7.07. The van der Waals surface area contributed by atoms with Crippen LogP contribution in [0.25, 0.3) is 0 Å². The molecule has 2 aromatic carbocycles. The number of piperazine rings is 1. The normalized spacial score (nSPS) is 15.0. The quantitative estimate of drug-likeness (QED) is 0.687. The van der Waals surface area contributed by atoms with Gasteiger partial charge in [0.1, 0.15) is 0 Å². The second-order valence-electron chi connectivity index (χ2n) is 7.17. The van der Waals surface area contributed by atoms with E-state index in [0.717, 1.165) is 11.1 Å². The molecule has 0 atom stereocenters. The number of nitrogens with zero attached hydrogens (tertiary/aromatic N) is 2. The molecule has 1 fully saturated rings. The van der Waals surface area contributed by atoms with Crippen LogP contribution < -0.4 is 11.1 Å². The Morgan fingerprint density at radius 3 is 2.27 bits per heavy atom. The summed E-state index contributed by atoms with van der Waals surface area (Å²) in [4.78, 5) is 25.2. The van der Waals surface area contributed by atoms with Crippen LogP contribution in [-0.4, -0.2) is 62.3 Å². The van der Waals surface area contributed by atoms with Crippen molar-refractivity contribution < 1.29 is 18.0 Å². The molecule has 0 aromatic heterocycles. The zero-order chi connectivity index (χ0) is 21.6. The second kappa shape index (κ2) is 9.73. The molecule has 0 unspecified atom stereocenters. The summed E-state index contributed by atoms with van der Waals surface area (Å²) >= 11 is 0. The lowest BCUT2D eigenvalue weighted by Crippen LogP contribution is -2.53. The fraction of sp³-hybridized carbons (Fsp3) is 0.333. The SMILES string of the molecule is NC(=O)c1cccc(CCNC(=O)N2CCN(S(=O)(=O)Cc3ccccc3)CC2)c1. The molecule has 1 heterocycles. The summed E-state index contributed by atoms with van der Waals surface area (Å²) in [6.07, 6.45) is 0.568. The van der Waals surface area contributed by atoms with Crippen molar-refractivity contribution in [1.29, 1.82) is 0 Å². The van der Waals surface area contributed by atoms with Crippen molar-refractivity contribution in [2.24, 2.45) is 5.73 Å². The van der Waals surface area contributed by atoms with Crippen molar-refractivity contribution in [2.45, 2.75) is 12.2 Å². The highest BCUT2D eigenvalue weighted by Gasteiger charge is 2.28. The van der Waals surface area contributed by atoms with E-state index < -0.39 is 15.9 Å². The van der Waals surface area contributed by atoms with Crippen LogP contribution in [0.2, 0.25) is 0 Å². The molecule has 9 heteroatoms. The topological polar surface area (TPSA) is 113 Å². The highest BCUT2D eigenvalue weighted by Crippen LogP contribution is 2.14. The number of carbonyl (C=O) groups is 2. The minimum atomic E-state index is -3.41. The largest absolute Gasteiger partial charge is 0.366 e. The molecule has 3 rings (SSSR count). The van der Waals surface area contributed by atoms with Gasteiger partial charge in [-0.3, -0.25) is 4.79 Å². The summed E-state index contributed by atoms with van der Waals surface area (Å²) in [7, 11) is -3.41. The van der Waals surface area contributed by atoms with E-state index in [4.69, 9.17) is 5.73 Å². The molecular formula is C21H26N4O4S. The maximum atomic E-state index is 12.6. The summed E-state index contributed by atoms with van der Waals surface area (Å²) in [6.45, 7) is 1.66. The lowest BCUT2D eigenvalue weighted by atomic mass is 10.1. The first-order valence-corrected chi connectivity index (χ1v) is 11.4. The second-order valence-corrected chi connectivity index (χ2v) is 9.14. The number of hydrogen-bond acceptors (Lipinski definition) is 4. The van der Waals surface area contributed by atoms with Crippen molar-refractivity contribution in [2.75, 3.05) is 32.7 Å². The van der Waals surface area contributed by atoms with Crippen molar-refractivity contribution in [3.05, 3.63) is 71.3 Å². The zero-order valence-electron chi connectivity index (χ0n) is 16.7. The number of benzene rings is 2. The van der Waals surface area contributed by atoms with E-state index in [1.807, 2.05) is 24.3 Å². The number of nitrogens with two attached hydrogens (primary N) is 1. The lowest BCUT2D eigenvalue weighted by Gasteiger charge is -2.34. The summed E-state index contributed by atoms with van der Waals surface area (Å²) in [5.41, 5.74) is 7.37. The van der Waals surface area contributed by atoms with Gasteiger partial charge in [0.2, 0.25) is 15.9 Å². The van der Waals surface area contributed by atoms with Crippen LogP contribution in [0.5, 0.6) is 0 Å². The van der Waals surface area contributed by atoms with Gasteiger partial charge in [-0.05, 0) is 29.7 Å². The molecule has 1 aliphatic rings. The van der Waals surface area contributed by atoms with E-state index in [1.165, 1.54) is 4.31 Å². The zero-order valence-corrected chi connectivity index (χ0v) is 17.5. The van der Waals surface area contributed by atoms with Crippen LogP contribution in [0, 0.1) is 0 Å². The molecule has 0 spiro atoms. The number of nitrogens with one attached hydrogen (secondary N) is 1. The minimum absolute atomic E-state index is 0.0373. The fourth-order valence-corrected chi connectivity index (χ4v) is 4.87. The van der Waals surface area contributed by atoms with Gasteiger partial charge in [-0.1, -0.05) is 42.5 Å². The van der Waals surface area contributed by atoms with Crippen molar-refractivity contribution in [3.63, 3.8) is 0 Å². The summed E-state index contributed by atoms with van der Waals surface area (Å²) in [5.74, 6) is -0.523. The average molecular weight is 431 g/mol. The first-order valence-electron chi connectivity index (χ1n) is 9.78. The van der Waals surface area contributed by atoms with Gasteiger partial charge in [0.05, 0.1) is 5.75 Å². The molecule has 160 valence electrons. The van der Waals surface area contributed by atoms with Crippen LogP contribution >= 0.6 is 0 Å². The predicted molar refractivity (Wildman–Crippen MR) is 114 cm³/mol. The van der Waals surface area contributed by atoms with Gasteiger partial charge in [-0.15, -0.1) is 0 Å². The third-order valence-electron chi connectivity index (χ3n) is 5.01. The Morgan fingerprint density at radius 2 is 1.60 bits per heavy atom. The highest BCUT2D eigenvalue weighted by molar-refractivity contribution is 7.88. The average Bonchev–Trinajstić information content (AvgIpc) is 2.74. The fourth-order valence-electron chi connectivity index (χ4n) is 3.35. The van der Waals surface area contributed by atoms with Gasteiger partial charge < -0.3 is 16.0 Å². The Bertz CT molecular complexity index is 987. The monoisotopic (exact) mass is 430 g/mol. The minimum Gasteiger partial charge on any atom is -0.366 e. The number of hydrogen-bond donors (Lipinski definition) is 2. The Balaban J connectivity index is 1.45. The standard InChI is InChI=1S/C21H26N4O4S/c22-20(26)19-8-4-7-17(15-19)9-10-23-21(27)24-11-13-25(14-12-24)30(28,29)16-18-5-2-1-3-6-18/h1-8,15H,9-14,16H2,(H2,22,26)(H,23,27). The van der Waals surface area contributed by atoms with Crippen LogP contribution in [0.1, 0.15) is 21.5 Å². The van der Waals surface area contributed by atoms with Gasteiger partial charge in [0.15, 0.2) is 0 Å². The first kappa shape index (κ1) is 21.8. The maximum absolute atomic E-state index is 12.6. The summed E-state index contributed by atoms with van der Waals surface area (Å²) in [6, 6.07) is 15.8. The predicted octanol–water partition coefficient (Wildman–Crippen LogP) is 1.19. The summed E-state index contributed by atoms with van der Waals surface area (Å²) in [5, 5.41) is 2.85. The Labute approximate surface area is 176 Å². The van der Waals surface area contributed by atoms with Crippen LogP contribution in [0.4, 0.5) is 4.79 Å². The molecule has 8 nitrogen and oxygen atoms in total. The molecule has 0 saturated carbocycles. The third-order valence-corrected chi connectivity index (χ3v) is 6.86. The van der Waals surface area contributed by atoms with Crippen molar-refractivity contribution in [3.8, 4) is 0 Å². The summed E-state index contributed by atoms with van der Waals surface area (Å²) < 4.78 is 26.7. The molecule has 2 aromatic rings. The molecule has 1 saturated heterocycles. The molecule has 0 bridgehead atoms. The number of urea groups is 1. The van der Waals surface area contributed by atoms with Crippen LogP contribution in [0.3, 0.4) is 0 Å². The molecule has 3 N–H and O–H groups in total. The maximum Gasteiger partial charge on any atom is 0.317 e. The molecule has 30 heavy (non-hydrogen) atoms. The lowest BCUT2D eigenvalue weighted by molar-refractivity contribution is 0.1000. The van der Waals surface area contributed by atoms with Crippen LogP contribution in [0.15, 0.2) is 54.6 Å². The number of amides is 3. The number of rotatable bonds is 7. The van der Waals surface area contributed by atoms with E-state index in [9.17, 15) is 18.0 Å². The number of carbonyl (C=O) groups excluding carboxylic acids is 2. The van der Waals surface area contributed by atoms with E-state index in [0.29, 0.717) is 31.6 Å². The van der Waals surface area contributed by atoms with Gasteiger partial charge in [-0.2, -0.15) is 4.31 Å². The molecule has 0 radical (unpaired) electrons. The van der Waals surface area contributed by atoms with Gasteiger partial charge in [0.25, 0.3) is 0 Å². The van der Waals surface area contributed by atoms with E-state index in [-0.39, 0.29) is 24.9 Å². The molecule has 1 aliphatic heterocycles. The Hall–Kier alpha value is -2.91. The highest BCUT2D eigenvalue weighted by atomic mass is 32.2. The van der Waals surface area contributed by atoms with Gasteiger partial charge in [0, 0.05) is 38.3 Å². The third kappa shape index (κ3) is 5.80. The van der Waals surface area contributed by atoms with E-state index in [1.54, 1.807) is 35.2 Å². The van der Waals surface area contributed by atoms with Gasteiger partial charge in [-0.25, -0.2) is 13.2 Å². The van der Waals surface area contributed by atoms with E-state index >= 15 is 0 Å². The van der Waals surface area contributed by atoms with Crippen LogP contribution in [-0.2, 0) is 22.2 Å². The number of primary amides is 1.